The van der Waals surface area contributed by atoms with Crippen LogP contribution in [0.3, 0.4) is 0 Å². The Hall–Kier alpha value is -3.59. The quantitative estimate of drug-likeness (QED) is 0.463. The summed E-state index contributed by atoms with van der Waals surface area (Å²) in [5, 5.41) is 15.7. The predicted molar refractivity (Wildman–Crippen MR) is 122 cm³/mol. The third-order valence-electron chi connectivity index (χ3n) is 5.90. The number of aromatic amines is 1. The molecule has 1 saturated heterocycles. The summed E-state index contributed by atoms with van der Waals surface area (Å²) in [5.41, 5.74) is 2.82. The van der Waals surface area contributed by atoms with E-state index >= 15 is 4.39 Å². The van der Waals surface area contributed by atoms with Crippen molar-refractivity contribution in [3.05, 3.63) is 47.1 Å². The van der Waals surface area contributed by atoms with Crippen molar-refractivity contribution in [2.75, 3.05) is 31.1 Å². The Kier molecular flexibility index (Phi) is 4.97. The van der Waals surface area contributed by atoms with Gasteiger partial charge in [0.2, 0.25) is 0 Å². The second-order valence-corrected chi connectivity index (χ2v) is 8.09. The first-order valence-corrected chi connectivity index (χ1v) is 10.5. The molecular formula is C22H19ClFN7O. The van der Waals surface area contributed by atoms with Crippen LogP contribution in [0.25, 0.3) is 32.9 Å². The van der Waals surface area contributed by atoms with Crippen LogP contribution in [0.2, 0.25) is 5.02 Å². The third-order valence-corrected chi connectivity index (χ3v) is 6.20. The highest BCUT2D eigenvalue weighted by atomic mass is 35.5. The van der Waals surface area contributed by atoms with E-state index in [4.69, 9.17) is 17.0 Å². The molecule has 2 aromatic carbocycles. The number of fused-ring (bicyclic) bond motifs is 2. The minimum atomic E-state index is -0.509. The van der Waals surface area contributed by atoms with Crippen molar-refractivity contribution in [1.82, 2.24) is 25.1 Å². The maximum Gasteiger partial charge on any atom is 0.264 e. The third kappa shape index (κ3) is 3.16. The molecule has 0 atom stereocenters. The number of amides is 1. The van der Waals surface area contributed by atoms with Crippen molar-refractivity contribution in [2.45, 2.75) is 6.92 Å². The predicted octanol–water partition coefficient (Wildman–Crippen LogP) is 3.57. The Balaban J connectivity index is 1.62. The molecular weight excluding hydrogens is 433 g/mol. The second kappa shape index (κ2) is 7.83. The van der Waals surface area contributed by atoms with Crippen LogP contribution in [0.5, 0.6) is 0 Å². The summed E-state index contributed by atoms with van der Waals surface area (Å²) in [6, 6.07) is 5.51. The molecule has 1 aliphatic rings. The molecule has 0 unspecified atom stereocenters. The van der Waals surface area contributed by atoms with Crippen LogP contribution in [0, 0.1) is 18.2 Å². The van der Waals surface area contributed by atoms with Crippen molar-refractivity contribution >= 4 is 51.3 Å². The van der Waals surface area contributed by atoms with E-state index < -0.39 is 5.82 Å². The van der Waals surface area contributed by atoms with Crippen LogP contribution in [0.4, 0.5) is 10.2 Å². The van der Waals surface area contributed by atoms with Crippen LogP contribution in [0.1, 0.15) is 5.56 Å². The number of H-pyrrole nitrogens is 1. The zero-order valence-electron chi connectivity index (χ0n) is 17.2. The van der Waals surface area contributed by atoms with Crippen molar-refractivity contribution in [3.8, 4) is 11.1 Å². The van der Waals surface area contributed by atoms with Gasteiger partial charge in [-0.2, -0.15) is 5.10 Å². The van der Waals surface area contributed by atoms with E-state index in [1.54, 1.807) is 17.2 Å². The average Bonchev–Trinajstić information content (AvgIpc) is 3.28. The molecule has 32 heavy (non-hydrogen) atoms. The molecule has 1 fully saturated rings. The van der Waals surface area contributed by atoms with Crippen molar-refractivity contribution < 1.29 is 9.18 Å². The first-order chi connectivity index (χ1) is 15.5. The van der Waals surface area contributed by atoms with E-state index in [-0.39, 0.29) is 22.0 Å². The van der Waals surface area contributed by atoms with Gasteiger partial charge in [-0.05, 0) is 24.6 Å². The molecule has 0 radical (unpaired) electrons. The second-order valence-electron chi connectivity index (χ2n) is 7.69. The zero-order valence-corrected chi connectivity index (χ0v) is 17.9. The van der Waals surface area contributed by atoms with Gasteiger partial charge in [0.15, 0.2) is 5.82 Å². The number of carbonyl (C=O) groups is 1. The van der Waals surface area contributed by atoms with E-state index in [2.05, 4.69) is 20.2 Å². The van der Waals surface area contributed by atoms with Crippen LogP contribution in [-0.4, -0.2) is 63.4 Å². The Morgan fingerprint density at radius 3 is 2.72 bits per heavy atom. The Morgan fingerprint density at radius 1 is 1.19 bits per heavy atom. The number of halogens is 2. The number of piperazine rings is 1. The molecule has 8 nitrogen and oxygen atoms in total. The Labute approximate surface area is 187 Å². The smallest absolute Gasteiger partial charge is 0.264 e. The summed E-state index contributed by atoms with van der Waals surface area (Å²) in [4.78, 5) is 24.0. The molecule has 162 valence electrons. The number of hydrogen-bond donors (Lipinski definition) is 2. The van der Waals surface area contributed by atoms with Gasteiger partial charge in [0.05, 0.1) is 23.0 Å². The number of rotatable bonds is 3. The summed E-state index contributed by atoms with van der Waals surface area (Å²) in [6.45, 7) is 3.84. The molecule has 2 N–H and O–H groups in total. The lowest BCUT2D eigenvalue weighted by molar-refractivity contribution is -0.123. The molecule has 5 rings (SSSR count). The largest absolute Gasteiger partial charge is 0.352 e. The maximum atomic E-state index is 15.9. The summed E-state index contributed by atoms with van der Waals surface area (Å²) in [7, 11) is 0. The molecule has 0 spiro atoms. The molecule has 10 heteroatoms. The van der Waals surface area contributed by atoms with Crippen LogP contribution >= 0.6 is 11.6 Å². The lowest BCUT2D eigenvalue weighted by atomic mass is 9.95. The highest BCUT2D eigenvalue weighted by Crippen LogP contribution is 2.41. The van der Waals surface area contributed by atoms with Gasteiger partial charge in [-0.25, -0.2) is 14.4 Å². The van der Waals surface area contributed by atoms with Crippen molar-refractivity contribution in [1.29, 1.82) is 5.41 Å². The van der Waals surface area contributed by atoms with E-state index in [9.17, 15) is 4.79 Å². The first-order valence-electron chi connectivity index (χ1n) is 10.1. The van der Waals surface area contributed by atoms with Crippen LogP contribution < -0.4 is 4.90 Å². The molecule has 0 bridgehead atoms. The number of anilines is 1. The summed E-state index contributed by atoms with van der Waals surface area (Å²) in [6.07, 6.45) is 3.83. The first kappa shape index (κ1) is 20.3. The van der Waals surface area contributed by atoms with Gasteiger partial charge in [-0.15, -0.1) is 0 Å². The topological polar surface area (TPSA) is 102 Å². The van der Waals surface area contributed by atoms with Crippen molar-refractivity contribution in [2.24, 2.45) is 0 Å². The highest BCUT2D eigenvalue weighted by Gasteiger charge is 2.25. The Morgan fingerprint density at radius 2 is 1.97 bits per heavy atom. The molecule has 0 aliphatic carbocycles. The average molecular weight is 452 g/mol. The van der Waals surface area contributed by atoms with E-state index in [0.717, 1.165) is 22.7 Å². The van der Waals surface area contributed by atoms with Gasteiger partial charge >= 0.3 is 0 Å². The van der Waals surface area contributed by atoms with E-state index in [0.29, 0.717) is 42.9 Å². The van der Waals surface area contributed by atoms with Crippen LogP contribution in [-0.2, 0) is 4.79 Å². The fraction of sp³-hybridized carbons (Fsp3) is 0.227. The van der Waals surface area contributed by atoms with Crippen molar-refractivity contribution in [3.63, 3.8) is 0 Å². The Bertz CT molecular complexity index is 1380. The highest BCUT2D eigenvalue weighted by molar-refractivity contribution is 6.35. The standard InChI is InChI=1S/C22H19ClFN7O/c1-12-2-3-16-14(10-28-29-16)18(12)19-15(23)8-13-21(20(19)24)26-11-27-22(13)31-6-4-30(5-7-31)17(32)9-25/h2-3,8-11,25H,4-7H2,1H3,(H,28,29). The van der Waals surface area contributed by atoms with Gasteiger partial charge in [-0.3, -0.25) is 9.89 Å². The SMILES string of the molecule is Cc1ccc2[nH]ncc2c1-c1c(Cl)cc2c(N3CCN(C(=O)C=N)CC3)ncnc2c1F. The minimum Gasteiger partial charge on any atom is -0.352 e. The summed E-state index contributed by atoms with van der Waals surface area (Å²) >= 11 is 6.65. The molecule has 3 heterocycles. The lowest BCUT2D eigenvalue weighted by Gasteiger charge is -2.35. The van der Waals surface area contributed by atoms with Gasteiger partial charge < -0.3 is 15.2 Å². The summed E-state index contributed by atoms with van der Waals surface area (Å²) in [5.74, 6) is -0.257. The number of aromatic nitrogens is 4. The zero-order chi connectivity index (χ0) is 22.4. The number of benzene rings is 2. The fourth-order valence-corrected chi connectivity index (χ4v) is 4.57. The number of aryl methyl sites for hydroxylation is 1. The normalized spacial score (nSPS) is 14.3. The maximum absolute atomic E-state index is 15.9. The van der Waals surface area contributed by atoms with Gasteiger partial charge in [-0.1, -0.05) is 17.7 Å². The number of hydrogen-bond acceptors (Lipinski definition) is 6. The monoisotopic (exact) mass is 451 g/mol. The minimum absolute atomic E-state index is 0.187. The molecule has 2 aromatic heterocycles. The number of nitrogens with one attached hydrogen (secondary N) is 2. The molecule has 4 aromatic rings. The van der Waals surface area contributed by atoms with Crippen LogP contribution in [0.15, 0.2) is 30.7 Å². The molecule has 0 saturated carbocycles. The van der Waals surface area contributed by atoms with Gasteiger partial charge in [0, 0.05) is 48.1 Å². The van der Waals surface area contributed by atoms with Gasteiger partial charge in [0.1, 0.15) is 17.7 Å². The van der Waals surface area contributed by atoms with E-state index in [1.165, 1.54) is 6.33 Å². The molecule has 1 amide bonds. The summed E-state index contributed by atoms with van der Waals surface area (Å²) < 4.78 is 15.9. The number of carbonyl (C=O) groups excluding carboxylic acids is 1. The fourth-order valence-electron chi connectivity index (χ4n) is 4.29. The number of nitrogens with zero attached hydrogens (tertiary/aromatic N) is 5. The van der Waals surface area contributed by atoms with E-state index in [1.807, 2.05) is 24.0 Å². The molecule has 1 aliphatic heterocycles. The van der Waals surface area contributed by atoms with Gasteiger partial charge in [0.25, 0.3) is 5.91 Å². The lowest BCUT2D eigenvalue weighted by Crippen LogP contribution is -2.49.